The van der Waals surface area contributed by atoms with Gasteiger partial charge in [0.25, 0.3) is 0 Å². The maximum atomic E-state index is 4.72. The van der Waals surface area contributed by atoms with Crippen LogP contribution < -0.4 is 4.90 Å². The summed E-state index contributed by atoms with van der Waals surface area (Å²) in [6.07, 6.45) is 10.3. The van der Waals surface area contributed by atoms with Crippen LogP contribution in [0.15, 0.2) is 11.6 Å². The normalized spacial score (nSPS) is 24.0. The fraction of sp³-hybridized carbons (Fsp3) is 0.812. The van der Waals surface area contributed by atoms with Gasteiger partial charge in [-0.25, -0.2) is 4.98 Å². The van der Waals surface area contributed by atoms with Gasteiger partial charge in [-0.3, -0.25) is 4.90 Å². The predicted octanol–water partition coefficient (Wildman–Crippen LogP) is 3.54. The zero-order chi connectivity index (χ0) is 14.5. The van der Waals surface area contributed by atoms with Crippen LogP contribution in [-0.2, 0) is 0 Å². The van der Waals surface area contributed by atoms with Crippen molar-refractivity contribution in [2.24, 2.45) is 5.41 Å². The minimum atomic E-state index is 0.475. The van der Waals surface area contributed by atoms with Crippen molar-refractivity contribution in [2.75, 3.05) is 43.4 Å². The number of aromatic nitrogens is 1. The van der Waals surface area contributed by atoms with Gasteiger partial charge in [0.2, 0.25) is 0 Å². The molecule has 21 heavy (non-hydrogen) atoms. The van der Waals surface area contributed by atoms with Gasteiger partial charge in [0.05, 0.1) is 0 Å². The Balaban J connectivity index is 1.54. The van der Waals surface area contributed by atoms with Crippen LogP contribution in [0.2, 0.25) is 0 Å². The second-order valence-corrected chi connectivity index (χ2v) is 7.84. The Morgan fingerprint density at radius 2 is 1.81 bits per heavy atom. The van der Waals surface area contributed by atoms with Gasteiger partial charge in [-0.1, -0.05) is 25.7 Å². The molecule has 3 nitrogen and oxygen atoms in total. The number of hydrogen-bond donors (Lipinski definition) is 1. The molecule has 0 radical (unpaired) electrons. The summed E-state index contributed by atoms with van der Waals surface area (Å²) >= 11 is 6.47. The third-order valence-corrected chi connectivity index (χ3v) is 6.62. The van der Waals surface area contributed by atoms with Gasteiger partial charge in [0, 0.05) is 44.3 Å². The summed E-state index contributed by atoms with van der Waals surface area (Å²) < 4.78 is 0. The van der Waals surface area contributed by atoms with E-state index in [4.69, 9.17) is 12.6 Å². The number of piperazine rings is 1. The van der Waals surface area contributed by atoms with E-state index in [2.05, 4.69) is 20.2 Å². The summed E-state index contributed by atoms with van der Waals surface area (Å²) in [5.41, 5.74) is 0.475. The van der Waals surface area contributed by atoms with Crippen molar-refractivity contribution >= 4 is 29.1 Å². The van der Waals surface area contributed by atoms with Gasteiger partial charge in [0.15, 0.2) is 5.13 Å². The number of rotatable bonds is 4. The number of hydrogen-bond acceptors (Lipinski definition) is 5. The number of thiol groups is 1. The molecule has 0 aromatic carbocycles. The lowest BCUT2D eigenvalue weighted by atomic mass is 9.81. The highest BCUT2D eigenvalue weighted by molar-refractivity contribution is 7.80. The molecule has 1 aromatic heterocycles. The van der Waals surface area contributed by atoms with Crippen molar-refractivity contribution < 1.29 is 0 Å². The van der Waals surface area contributed by atoms with Crippen molar-refractivity contribution in [1.82, 2.24) is 9.88 Å². The van der Waals surface area contributed by atoms with Crippen LogP contribution in [0.3, 0.4) is 0 Å². The van der Waals surface area contributed by atoms with Crippen molar-refractivity contribution in [3.05, 3.63) is 11.6 Å². The summed E-state index contributed by atoms with van der Waals surface area (Å²) in [5.74, 6) is 1.06. The van der Waals surface area contributed by atoms with Gasteiger partial charge in [-0.05, 0) is 24.0 Å². The van der Waals surface area contributed by atoms with Crippen LogP contribution in [-0.4, -0.2) is 48.4 Å². The largest absolute Gasteiger partial charge is 0.346 e. The minimum absolute atomic E-state index is 0.475. The molecule has 5 heteroatoms. The Labute approximate surface area is 138 Å². The molecule has 2 heterocycles. The average Bonchev–Trinajstić information content (AvgIpc) is 2.96. The lowest BCUT2D eigenvalue weighted by molar-refractivity contribution is 0.144. The molecular weight excluding hydrogens is 298 g/mol. The molecule has 0 unspecified atom stereocenters. The molecule has 0 spiro atoms. The number of anilines is 1. The fourth-order valence-electron chi connectivity index (χ4n) is 3.79. The maximum Gasteiger partial charge on any atom is 0.185 e. The predicted molar refractivity (Wildman–Crippen MR) is 94.8 cm³/mol. The Morgan fingerprint density at radius 1 is 1.10 bits per heavy atom. The fourth-order valence-corrected chi connectivity index (χ4v) is 4.90. The summed E-state index contributed by atoms with van der Waals surface area (Å²) in [6, 6.07) is 0. The van der Waals surface area contributed by atoms with Crippen molar-refractivity contribution in [2.45, 2.75) is 38.5 Å². The molecule has 2 aliphatic rings. The van der Waals surface area contributed by atoms with E-state index in [0.717, 1.165) is 18.8 Å². The first-order valence-corrected chi connectivity index (χ1v) is 9.80. The summed E-state index contributed by atoms with van der Waals surface area (Å²) in [6.45, 7) is 5.85. The Hall–Kier alpha value is -0.260. The van der Waals surface area contributed by atoms with Crippen LogP contribution in [0.1, 0.15) is 38.5 Å². The highest BCUT2D eigenvalue weighted by atomic mass is 32.1. The molecule has 3 rings (SSSR count). The summed E-state index contributed by atoms with van der Waals surface area (Å²) in [7, 11) is 0. The van der Waals surface area contributed by atoms with E-state index in [1.165, 1.54) is 63.3 Å². The minimum Gasteiger partial charge on any atom is -0.346 e. The molecule has 1 aromatic rings. The number of thiazole rings is 1. The van der Waals surface area contributed by atoms with E-state index in [1.54, 1.807) is 11.3 Å². The first-order chi connectivity index (χ1) is 10.3. The molecule has 2 fully saturated rings. The van der Waals surface area contributed by atoms with Crippen LogP contribution in [0.4, 0.5) is 5.13 Å². The van der Waals surface area contributed by atoms with Gasteiger partial charge in [0.1, 0.15) is 0 Å². The highest BCUT2D eigenvalue weighted by Crippen LogP contribution is 2.37. The van der Waals surface area contributed by atoms with Gasteiger partial charge < -0.3 is 4.90 Å². The van der Waals surface area contributed by atoms with Crippen LogP contribution in [0, 0.1) is 5.41 Å². The van der Waals surface area contributed by atoms with E-state index in [9.17, 15) is 0 Å². The summed E-state index contributed by atoms with van der Waals surface area (Å²) in [4.78, 5) is 9.54. The molecule has 0 amide bonds. The van der Waals surface area contributed by atoms with Crippen LogP contribution in [0.25, 0.3) is 0 Å². The lowest BCUT2D eigenvalue weighted by Gasteiger charge is -2.41. The zero-order valence-corrected chi connectivity index (χ0v) is 14.5. The second-order valence-electron chi connectivity index (χ2n) is 6.65. The monoisotopic (exact) mass is 325 g/mol. The molecule has 1 saturated carbocycles. The quantitative estimate of drug-likeness (QED) is 0.675. The molecule has 0 bridgehead atoms. The van der Waals surface area contributed by atoms with Gasteiger partial charge in [-0.15, -0.1) is 11.3 Å². The van der Waals surface area contributed by atoms with Crippen molar-refractivity contribution in [3.8, 4) is 0 Å². The topological polar surface area (TPSA) is 19.4 Å². The Kier molecular flexibility index (Phi) is 5.46. The first-order valence-electron chi connectivity index (χ1n) is 8.29. The molecule has 118 valence electrons. The average molecular weight is 326 g/mol. The summed E-state index contributed by atoms with van der Waals surface area (Å²) in [5, 5.41) is 3.26. The van der Waals surface area contributed by atoms with E-state index >= 15 is 0 Å². The number of nitrogens with zero attached hydrogens (tertiary/aromatic N) is 3. The third-order valence-electron chi connectivity index (χ3n) is 5.12. The molecule has 1 aliphatic carbocycles. The smallest absolute Gasteiger partial charge is 0.185 e. The third kappa shape index (κ3) is 3.93. The molecule has 0 atom stereocenters. The van der Waals surface area contributed by atoms with E-state index in [-0.39, 0.29) is 0 Å². The van der Waals surface area contributed by atoms with E-state index in [0.29, 0.717) is 5.41 Å². The first kappa shape index (κ1) is 15.6. The van der Waals surface area contributed by atoms with Crippen molar-refractivity contribution in [3.63, 3.8) is 0 Å². The second kappa shape index (κ2) is 7.34. The van der Waals surface area contributed by atoms with Gasteiger partial charge >= 0.3 is 0 Å². The van der Waals surface area contributed by atoms with Crippen LogP contribution in [0.5, 0.6) is 0 Å². The van der Waals surface area contributed by atoms with Crippen molar-refractivity contribution in [1.29, 1.82) is 0 Å². The van der Waals surface area contributed by atoms with E-state index in [1.807, 2.05) is 6.20 Å². The molecular formula is C16H27N3S2. The van der Waals surface area contributed by atoms with Crippen LogP contribution >= 0.6 is 24.0 Å². The molecule has 0 N–H and O–H groups in total. The highest BCUT2D eigenvalue weighted by Gasteiger charge is 2.32. The van der Waals surface area contributed by atoms with Gasteiger partial charge in [-0.2, -0.15) is 12.6 Å². The SMILES string of the molecule is SCC1(CN2CCN(c3nccs3)CC2)CCCCCC1. The Morgan fingerprint density at radius 3 is 2.38 bits per heavy atom. The Bertz CT molecular complexity index is 405. The maximum absolute atomic E-state index is 4.72. The van der Waals surface area contributed by atoms with E-state index < -0.39 is 0 Å². The molecule has 1 saturated heterocycles. The zero-order valence-electron chi connectivity index (χ0n) is 12.8. The molecule has 1 aliphatic heterocycles. The lowest BCUT2D eigenvalue weighted by Crippen LogP contribution is -2.50. The standard InChI is InChI=1S/C16H27N3S2/c20-14-16(5-3-1-2-4-6-16)13-18-8-10-19(11-9-18)15-17-7-12-21-15/h7,12,20H,1-6,8-11,13-14H2.